The summed E-state index contributed by atoms with van der Waals surface area (Å²) in [5, 5.41) is 0.330. The molecule has 0 spiro atoms. The highest BCUT2D eigenvalue weighted by molar-refractivity contribution is 14.1. The van der Waals surface area contributed by atoms with Gasteiger partial charge in [0.15, 0.2) is 5.75 Å². The second kappa shape index (κ2) is 5.39. The van der Waals surface area contributed by atoms with Gasteiger partial charge in [-0.1, -0.05) is 15.9 Å². The van der Waals surface area contributed by atoms with Crippen molar-refractivity contribution < 1.29 is 22.6 Å². The molecule has 1 rings (SSSR count). The molecule has 0 fully saturated rings. The van der Waals surface area contributed by atoms with Crippen molar-refractivity contribution in [2.45, 2.75) is 11.7 Å². The standard InChI is InChI=1S/C8H6BrF3INO2/c1-15-7-4(2-9)6(13)5(3-14-7)16-8(10,11)12/h3H,2H2,1H3. The number of methoxy groups -OCH3 is 1. The molecule has 0 N–H and O–H groups in total. The summed E-state index contributed by atoms with van der Waals surface area (Å²) in [7, 11) is 1.40. The topological polar surface area (TPSA) is 31.4 Å². The van der Waals surface area contributed by atoms with Crippen LogP contribution in [0.5, 0.6) is 11.6 Å². The van der Waals surface area contributed by atoms with Crippen molar-refractivity contribution in [2.24, 2.45) is 0 Å². The van der Waals surface area contributed by atoms with E-state index in [1.165, 1.54) is 7.11 Å². The van der Waals surface area contributed by atoms with Crippen LogP contribution in [0.3, 0.4) is 0 Å². The van der Waals surface area contributed by atoms with Crippen molar-refractivity contribution in [1.82, 2.24) is 4.98 Å². The van der Waals surface area contributed by atoms with Gasteiger partial charge in [-0.25, -0.2) is 4.98 Å². The number of halogens is 5. The minimum Gasteiger partial charge on any atom is -0.481 e. The van der Waals surface area contributed by atoms with Gasteiger partial charge in [-0.05, 0) is 22.6 Å². The second-order valence-corrected chi connectivity index (χ2v) is 4.25. The molecule has 3 nitrogen and oxygen atoms in total. The Morgan fingerprint density at radius 2 is 2.12 bits per heavy atom. The van der Waals surface area contributed by atoms with Crippen molar-refractivity contribution in [3.8, 4) is 11.6 Å². The fraction of sp³-hybridized carbons (Fsp3) is 0.375. The fourth-order valence-corrected chi connectivity index (χ4v) is 2.70. The molecular formula is C8H6BrF3INO2. The van der Waals surface area contributed by atoms with Gasteiger partial charge in [0.2, 0.25) is 5.88 Å². The van der Waals surface area contributed by atoms with Gasteiger partial charge in [0.1, 0.15) is 0 Å². The number of aromatic nitrogens is 1. The summed E-state index contributed by atoms with van der Waals surface area (Å²) in [6.07, 6.45) is -3.74. The third-order valence-corrected chi connectivity index (χ3v) is 3.33. The molecule has 0 atom stereocenters. The van der Waals surface area contributed by atoms with Crippen LogP contribution in [0, 0.1) is 3.57 Å². The smallest absolute Gasteiger partial charge is 0.481 e. The first-order valence-corrected chi connectivity index (χ1v) is 6.12. The van der Waals surface area contributed by atoms with E-state index in [4.69, 9.17) is 4.74 Å². The van der Waals surface area contributed by atoms with Crippen LogP contribution in [0.15, 0.2) is 6.20 Å². The summed E-state index contributed by atoms with van der Waals surface area (Å²) >= 11 is 4.91. The lowest BCUT2D eigenvalue weighted by atomic mass is 10.3. The molecular weight excluding hydrogens is 406 g/mol. The Morgan fingerprint density at radius 1 is 1.50 bits per heavy atom. The molecule has 90 valence electrons. The molecule has 16 heavy (non-hydrogen) atoms. The van der Waals surface area contributed by atoms with Crippen molar-refractivity contribution in [3.05, 3.63) is 15.3 Å². The van der Waals surface area contributed by atoms with E-state index < -0.39 is 6.36 Å². The van der Waals surface area contributed by atoms with Gasteiger partial charge in [0.25, 0.3) is 0 Å². The molecule has 0 unspecified atom stereocenters. The Bertz CT molecular complexity index is 386. The zero-order valence-corrected chi connectivity index (χ0v) is 11.7. The lowest BCUT2D eigenvalue weighted by Gasteiger charge is -2.13. The zero-order valence-electron chi connectivity index (χ0n) is 7.94. The van der Waals surface area contributed by atoms with Crippen LogP contribution in [-0.4, -0.2) is 18.5 Å². The highest BCUT2D eigenvalue weighted by Gasteiger charge is 2.32. The maximum absolute atomic E-state index is 12.0. The molecule has 0 saturated heterocycles. The molecule has 0 aliphatic carbocycles. The summed E-state index contributed by atoms with van der Waals surface area (Å²) in [5.74, 6) is -0.0563. The van der Waals surface area contributed by atoms with Crippen LogP contribution in [0.1, 0.15) is 5.56 Å². The quantitative estimate of drug-likeness (QED) is 0.563. The van der Waals surface area contributed by atoms with Crippen LogP contribution in [0.4, 0.5) is 13.2 Å². The van der Waals surface area contributed by atoms with Crippen LogP contribution >= 0.6 is 38.5 Å². The largest absolute Gasteiger partial charge is 0.573 e. The predicted molar refractivity (Wildman–Crippen MR) is 62.8 cm³/mol. The number of alkyl halides is 4. The van der Waals surface area contributed by atoms with E-state index in [9.17, 15) is 13.2 Å². The van der Waals surface area contributed by atoms with E-state index in [-0.39, 0.29) is 11.6 Å². The van der Waals surface area contributed by atoms with Crippen LogP contribution < -0.4 is 9.47 Å². The van der Waals surface area contributed by atoms with Gasteiger partial charge in [-0.2, -0.15) is 0 Å². The lowest BCUT2D eigenvalue weighted by molar-refractivity contribution is -0.275. The Labute approximate surface area is 112 Å². The fourth-order valence-electron chi connectivity index (χ4n) is 0.982. The molecule has 8 heteroatoms. The van der Waals surface area contributed by atoms with Gasteiger partial charge in [0, 0.05) is 10.9 Å². The first-order chi connectivity index (χ1) is 7.39. The number of rotatable bonds is 3. The molecule has 0 radical (unpaired) electrons. The summed E-state index contributed by atoms with van der Waals surface area (Å²) in [6, 6.07) is 0. The Balaban J connectivity index is 3.14. The first-order valence-electron chi connectivity index (χ1n) is 3.92. The molecule has 0 aliphatic heterocycles. The van der Waals surface area contributed by atoms with Crippen LogP contribution in [-0.2, 0) is 5.33 Å². The van der Waals surface area contributed by atoms with Gasteiger partial charge < -0.3 is 9.47 Å². The second-order valence-electron chi connectivity index (χ2n) is 2.61. The van der Waals surface area contributed by atoms with Gasteiger partial charge in [-0.15, -0.1) is 13.2 Å². The number of pyridine rings is 1. The lowest BCUT2D eigenvalue weighted by Crippen LogP contribution is -2.18. The van der Waals surface area contributed by atoms with E-state index in [1.807, 2.05) is 0 Å². The third kappa shape index (κ3) is 3.37. The molecule has 1 aromatic heterocycles. The number of hydrogen-bond donors (Lipinski definition) is 0. The number of ether oxygens (including phenoxy) is 2. The minimum atomic E-state index is -4.72. The minimum absolute atomic E-state index is 0.274. The number of hydrogen-bond acceptors (Lipinski definition) is 3. The average Bonchev–Trinajstić information content (AvgIpc) is 2.19. The maximum Gasteiger partial charge on any atom is 0.573 e. The van der Waals surface area contributed by atoms with Crippen molar-refractivity contribution in [3.63, 3.8) is 0 Å². The maximum atomic E-state index is 12.0. The summed E-state index contributed by atoms with van der Waals surface area (Å²) in [5.41, 5.74) is 0.518. The molecule has 0 aromatic carbocycles. The Hall–Kier alpha value is -0.250. The summed E-state index contributed by atoms with van der Waals surface area (Å²) in [6.45, 7) is 0. The zero-order chi connectivity index (χ0) is 12.3. The summed E-state index contributed by atoms with van der Waals surface area (Å²) in [4.78, 5) is 3.73. The Morgan fingerprint density at radius 3 is 2.56 bits per heavy atom. The Kier molecular flexibility index (Phi) is 4.65. The van der Waals surface area contributed by atoms with E-state index in [1.54, 1.807) is 22.6 Å². The molecule has 0 saturated carbocycles. The van der Waals surface area contributed by atoms with Gasteiger partial charge in [0.05, 0.1) is 16.9 Å². The number of nitrogens with zero attached hydrogens (tertiary/aromatic N) is 1. The third-order valence-electron chi connectivity index (χ3n) is 1.59. The predicted octanol–water partition coefficient (Wildman–Crippen LogP) is 3.49. The van der Waals surface area contributed by atoms with Gasteiger partial charge >= 0.3 is 6.36 Å². The highest BCUT2D eigenvalue weighted by atomic mass is 127. The van der Waals surface area contributed by atoms with E-state index in [2.05, 4.69) is 25.7 Å². The van der Waals surface area contributed by atoms with Crippen molar-refractivity contribution in [2.75, 3.05) is 7.11 Å². The van der Waals surface area contributed by atoms with Crippen molar-refractivity contribution >= 4 is 38.5 Å². The van der Waals surface area contributed by atoms with Crippen LogP contribution in [0.2, 0.25) is 0 Å². The molecule has 0 amide bonds. The molecule has 1 heterocycles. The highest BCUT2D eigenvalue weighted by Crippen LogP contribution is 2.33. The van der Waals surface area contributed by atoms with Crippen molar-refractivity contribution in [1.29, 1.82) is 0 Å². The SMILES string of the molecule is COc1ncc(OC(F)(F)F)c(I)c1CBr. The normalized spacial score (nSPS) is 11.4. The molecule has 0 bridgehead atoms. The average molecular weight is 412 g/mol. The van der Waals surface area contributed by atoms with E-state index in [0.717, 1.165) is 6.20 Å². The van der Waals surface area contributed by atoms with Crippen LogP contribution in [0.25, 0.3) is 0 Å². The van der Waals surface area contributed by atoms with Gasteiger partial charge in [-0.3, -0.25) is 0 Å². The van der Waals surface area contributed by atoms with E-state index >= 15 is 0 Å². The monoisotopic (exact) mass is 411 g/mol. The summed E-state index contributed by atoms with van der Waals surface area (Å²) < 4.78 is 45.2. The van der Waals surface area contributed by atoms with E-state index in [0.29, 0.717) is 14.5 Å². The molecule has 1 aromatic rings. The molecule has 0 aliphatic rings. The first kappa shape index (κ1) is 13.8.